The molecular weight excluding hydrogens is 220 g/mol. The molecule has 0 amide bonds. The number of nitrogens with two attached hydrogens (primary N) is 1. The third-order valence-electron chi connectivity index (χ3n) is 1.89. The van der Waals surface area contributed by atoms with Gasteiger partial charge >= 0.3 is 0 Å². The molecule has 1 rings (SSSR count). The van der Waals surface area contributed by atoms with E-state index in [9.17, 15) is 4.79 Å². The molecule has 4 heteroatoms. The van der Waals surface area contributed by atoms with E-state index < -0.39 is 0 Å². The highest BCUT2D eigenvalue weighted by molar-refractivity contribution is 8.13. The van der Waals surface area contributed by atoms with E-state index in [2.05, 4.69) is 0 Å². The Hall–Kier alpha value is -1.73. The summed E-state index contributed by atoms with van der Waals surface area (Å²) < 4.78 is 0. The molecule has 0 radical (unpaired) electrons. The summed E-state index contributed by atoms with van der Waals surface area (Å²) in [5.41, 5.74) is 7.56. The number of benzene rings is 1. The number of anilines is 1. The molecule has 0 spiro atoms. The van der Waals surface area contributed by atoms with Crippen LogP contribution in [-0.2, 0) is 4.79 Å². The summed E-state index contributed by atoms with van der Waals surface area (Å²) in [5, 5.41) is 8.80. The number of hydrogen-bond acceptors (Lipinski definition) is 4. The Bertz CT molecular complexity index is 461. The Balaban J connectivity index is 2.65. The maximum atomic E-state index is 10.7. The van der Waals surface area contributed by atoms with Gasteiger partial charge in [0.2, 0.25) is 0 Å². The van der Waals surface area contributed by atoms with Gasteiger partial charge in [0.1, 0.15) is 6.07 Å². The van der Waals surface area contributed by atoms with Crippen molar-refractivity contribution in [3.63, 3.8) is 0 Å². The van der Waals surface area contributed by atoms with Crippen LogP contribution in [0.25, 0.3) is 6.08 Å². The Morgan fingerprint density at radius 1 is 1.62 bits per heavy atom. The molecule has 0 bridgehead atoms. The number of hydrogen-bond donors (Lipinski definition) is 1. The second-order valence-electron chi connectivity index (χ2n) is 3.16. The molecule has 1 aromatic carbocycles. The van der Waals surface area contributed by atoms with Gasteiger partial charge in [-0.25, -0.2) is 0 Å². The molecule has 0 aliphatic rings. The van der Waals surface area contributed by atoms with Gasteiger partial charge in [-0.15, -0.1) is 0 Å². The summed E-state index contributed by atoms with van der Waals surface area (Å²) >= 11 is 1.25. The molecular formula is C12H12N2OS. The highest BCUT2D eigenvalue weighted by Gasteiger charge is 1.97. The normalized spacial score (nSPS) is 10.2. The van der Waals surface area contributed by atoms with Crippen LogP contribution in [0.4, 0.5) is 5.69 Å². The first-order valence-corrected chi connectivity index (χ1v) is 5.71. The van der Waals surface area contributed by atoms with Crippen molar-refractivity contribution in [3.05, 3.63) is 35.4 Å². The Labute approximate surface area is 98.9 Å². The van der Waals surface area contributed by atoms with E-state index in [-0.39, 0.29) is 5.12 Å². The molecule has 0 aliphatic heterocycles. The predicted molar refractivity (Wildman–Crippen MR) is 67.7 cm³/mol. The average Bonchev–Trinajstić information content (AvgIpc) is 2.24. The molecule has 0 aliphatic carbocycles. The van der Waals surface area contributed by atoms with Gasteiger partial charge < -0.3 is 5.73 Å². The van der Waals surface area contributed by atoms with Crippen molar-refractivity contribution in [2.45, 2.75) is 6.92 Å². The quantitative estimate of drug-likeness (QED) is 0.813. The van der Waals surface area contributed by atoms with Gasteiger partial charge in [0.05, 0.1) is 11.3 Å². The summed E-state index contributed by atoms with van der Waals surface area (Å²) in [5.74, 6) is 0.648. The van der Waals surface area contributed by atoms with Crippen molar-refractivity contribution in [3.8, 4) is 6.07 Å². The van der Waals surface area contributed by atoms with Crippen LogP contribution in [0.15, 0.2) is 24.3 Å². The first-order chi connectivity index (χ1) is 7.63. The number of carbonyl (C=O) groups excluding carboxylic acids is 1. The SMILES string of the molecule is CC(=O)SCC=Cc1ccc(C#N)c(N)c1. The highest BCUT2D eigenvalue weighted by Crippen LogP contribution is 2.14. The van der Waals surface area contributed by atoms with E-state index in [0.29, 0.717) is 17.0 Å². The molecule has 0 aromatic heterocycles. The fourth-order valence-electron chi connectivity index (χ4n) is 1.14. The molecule has 0 heterocycles. The standard InChI is InChI=1S/C12H12N2OS/c1-9(15)16-6-2-3-10-4-5-11(8-13)12(14)7-10/h2-5,7H,6,14H2,1H3. The zero-order valence-corrected chi connectivity index (χ0v) is 9.75. The van der Waals surface area contributed by atoms with Crippen LogP contribution < -0.4 is 5.73 Å². The zero-order valence-electron chi connectivity index (χ0n) is 8.93. The largest absolute Gasteiger partial charge is 0.398 e. The second-order valence-corrected chi connectivity index (χ2v) is 4.36. The maximum Gasteiger partial charge on any atom is 0.186 e. The molecule has 16 heavy (non-hydrogen) atoms. The molecule has 3 nitrogen and oxygen atoms in total. The molecule has 82 valence electrons. The Kier molecular flexibility index (Phi) is 4.62. The fourth-order valence-corrected chi connectivity index (χ4v) is 1.56. The smallest absolute Gasteiger partial charge is 0.186 e. The highest BCUT2D eigenvalue weighted by atomic mass is 32.2. The predicted octanol–water partition coefficient (Wildman–Crippen LogP) is 2.43. The van der Waals surface area contributed by atoms with Gasteiger partial charge in [0, 0.05) is 12.7 Å². The van der Waals surface area contributed by atoms with Crippen LogP contribution in [0.5, 0.6) is 0 Å². The topological polar surface area (TPSA) is 66.9 Å². The van der Waals surface area contributed by atoms with E-state index in [1.165, 1.54) is 18.7 Å². The second kappa shape index (κ2) is 5.99. The number of thioether (sulfide) groups is 1. The molecule has 0 atom stereocenters. The molecule has 2 N–H and O–H groups in total. The summed E-state index contributed by atoms with van der Waals surface area (Å²) in [7, 11) is 0. The molecule has 0 fully saturated rings. The van der Waals surface area contributed by atoms with Crippen LogP contribution in [0.3, 0.4) is 0 Å². The van der Waals surface area contributed by atoms with Crippen molar-refractivity contribution in [1.82, 2.24) is 0 Å². The van der Waals surface area contributed by atoms with E-state index in [1.807, 2.05) is 24.3 Å². The number of nitrogens with zero attached hydrogens (tertiary/aromatic N) is 1. The first-order valence-electron chi connectivity index (χ1n) is 4.73. The van der Waals surface area contributed by atoms with Crippen molar-refractivity contribution in [2.75, 3.05) is 11.5 Å². The summed E-state index contributed by atoms with van der Waals surface area (Å²) in [4.78, 5) is 10.7. The van der Waals surface area contributed by atoms with Crippen molar-refractivity contribution in [2.24, 2.45) is 0 Å². The van der Waals surface area contributed by atoms with Gasteiger partial charge in [-0.3, -0.25) is 4.79 Å². The number of nitriles is 1. The van der Waals surface area contributed by atoms with Crippen LogP contribution in [0.1, 0.15) is 18.1 Å². The maximum absolute atomic E-state index is 10.7. The Morgan fingerprint density at radius 3 is 2.94 bits per heavy atom. The molecule has 0 unspecified atom stereocenters. The third kappa shape index (κ3) is 3.79. The lowest BCUT2D eigenvalue weighted by molar-refractivity contribution is -0.109. The number of rotatable bonds is 3. The average molecular weight is 232 g/mol. The minimum absolute atomic E-state index is 0.101. The summed E-state index contributed by atoms with van der Waals surface area (Å²) in [6.45, 7) is 1.54. The number of carbonyl (C=O) groups is 1. The van der Waals surface area contributed by atoms with Crippen LogP contribution in [0, 0.1) is 11.3 Å². The van der Waals surface area contributed by atoms with Gasteiger partial charge in [-0.2, -0.15) is 5.26 Å². The molecule has 0 saturated heterocycles. The monoisotopic (exact) mass is 232 g/mol. The lowest BCUT2D eigenvalue weighted by atomic mass is 10.1. The minimum atomic E-state index is 0.101. The lowest BCUT2D eigenvalue weighted by Crippen LogP contribution is -1.90. The van der Waals surface area contributed by atoms with Crippen LogP contribution >= 0.6 is 11.8 Å². The summed E-state index contributed by atoms with van der Waals surface area (Å²) in [6, 6.07) is 7.26. The summed E-state index contributed by atoms with van der Waals surface area (Å²) in [6.07, 6.45) is 3.78. The lowest BCUT2D eigenvalue weighted by Gasteiger charge is -1.98. The molecule has 1 aromatic rings. The fraction of sp³-hybridized carbons (Fsp3) is 0.167. The van der Waals surface area contributed by atoms with E-state index in [0.717, 1.165) is 5.56 Å². The van der Waals surface area contributed by atoms with Gasteiger partial charge in [0.25, 0.3) is 0 Å². The van der Waals surface area contributed by atoms with Crippen LogP contribution in [0.2, 0.25) is 0 Å². The molecule has 0 saturated carbocycles. The zero-order chi connectivity index (χ0) is 12.0. The minimum Gasteiger partial charge on any atom is -0.398 e. The van der Waals surface area contributed by atoms with Gasteiger partial charge in [-0.05, 0) is 17.7 Å². The Morgan fingerprint density at radius 2 is 2.38 bits per heavy atom. The van der Waals surface area contributed by atoms with Crippen molar-refractivity contribution >= 4 is 28.6 Å². The third-order valence-corrected chi connectivity index (χ3v) is 2.65. The van der Waals surface area contributed by atoms with Crippen molar-refractivity contribution in [1.29, 1.82) is 5.26 Å². The number of nitrogen functional groups attached to an aromatic ring is 1. The van der Waals surface area contributed by atoms with E-state index in [1.54, 1.807) is 12.1 Å². The van der Waals surface area contributed by atoms with E-state index in [4.69, 9.17) is 11.0 Å². The van der Waals surface area contributed by atoms with Crippen LogP contribution in [-0.4, -0.2) is 10.9 Å². The van der Waals surface area contributed by atoms with E-state index >= 15 is 0 Å². The van der Waals surface area contributed by atoms with Gasteiger partial charge in [0.15, 0.2) is 5.12 Å². The first kappa shape index (κ1) is 12.3. The van der Waals surface area contributed by atoms with Crippen molar-refractivity contribution < 1.29 is 4.79 Å². The van der Waals surface area contributed by atoms with Gasteiger partial charge in [-0.1, -0.05) is 30.0 Å².